The molecule has 30 heavy (non-hydrogen) atoms. The van der Waals surface area contributed by atoms with Gasteiger partial charge in [-0.25, -0.2) is 14.3 Å². The normalized spacial score (nSPS) is 13.1. The SMILES string of the molecule is COC(=O)[C@@H](OC(C)(C)C)c1c(C)nc2cc(-c3cccc(Cl)c3)nn2c1C(C)C. The number of hydrogen-bond donors (Lipinski definition) is 0. The predicted octanol–water partition coefficient (Wildman–Crippen LogP) is 5.51. The third-order valence-corrected chi connectivity index (χ3v) is 4.92. The number of aromatic nitrogens is 3. The summed E-state index contributed by atoms with van der Waals surface area (Å²) in [6.45, 7) is 11.7. The third kappa shape index (κ3) is 4.50. The molecule has 2 aromatic heterocycles. The van der Waals surface area contributed by atoms with Gasteiger partial charge >= 0.3 is 5.97 Å². The highest BCUT2D eigenvalue weighted by molar-refractivity contribution is 6.30. The molecular formula is C23H28ClN3O3. The van der Waals surface area contributed by atoms with Gasteiger partial charge in [-0.05, 0) is 45.7 Å². The van der Waals surface area contributed by atoms with E-state index in [1.807, 2.05) is 58.0 Å². The van der Waals surface area contributed by atoms with E-state index in [-0.39, 0.29) is 5.92 Å². The number of methoxy groups -OCH3 is 1. The lowest BCUT2D eigenvalue weighted by molar-refractivity contribution is -0.164. The Bertz CT molecular complexity index is 1080. The summed E-state index contributed by atoms with van der Waals surface area (Å²) in [5, 5.41) is 5.44. The van der Waals surface area contributed by atoms with E-state index in [0.29, 0.717) is 21.9 Å². The molecule has 3 aromatic rings. The first-order valence-corrected chi connectivity index (χ1v) is 10.3. The van der Waals surface area contributed by atoms with E-state index in [1.54, 1.807) is 4.52 Å². The summed E-state index contributed by atoms with van der Waals surface area (Å²) < 4.78 is 13.0. The van der Waals surface area contributed by atoms with E-state index < -0.39 is 17.7 Å². The van der Waals surface area contributed by atoms with Gasteiger partial charge in [0.1, 0.15) is 0 Å². The topological polar surface area (TPSA) is 65.7 Å². The zero-order valence-corrected chi connectivity index (χ0v) is 19.2. The largest absolute Gasteiger partial charge is 0.467 e. The standard InChI is InChI=1S/C23H28ClN3O3/c1-13(2)20-19(21(22(28)29-7)30-23(4,5)6)14(3)25-18-12-17(26-27(18)20)15-9-8-10-16(24)11-15/h8-13,21H,1-7H3/t21-/m0/s1. The summed E-state index contributed by atoms with van der Waals surface area (Å²) in [6, 6.07) is 9.46. The minimum absolute atomic E-state index is 0.0621. The van der Waals surface area contributed by atoms with Gasteiger partial charge in [-0.2, -0.15) is 5.10 Å². The fourth-order valence-corrected chi connectivity index (χ4v) is 3.70. The number of esters is 1. The predicted molar refractivity (Wildman–Crippen MR) is 118 cm³/mol. The molecule has 160 valence electrons. The van der Waals surface area contributed by atoms with Crippen molar-refractivity contribution in [3.8, 4) is 11.3 Å². The van der Waals surface area contributed by atoms with Crippen molar-refractivity contribution in [3.05, 3.63) is 52.3 Å². The lowest BCUT2D eigenvalue weighted by Crippen LogP contribution is -2.30. The number of aryl methyl sites for hydroxylation is 1. The number of halogens is 1. The Morgan fingerprint density at radius 2 is 1.90 bits per heavy atom. The molecule has 3 rings (SSSR count). The number of fused-ring (bicyclic) bond motifs is 1. The van der Waals surface area contributed by atoms with Gasteiger partial charge in [0.15, 0.2) is 11.8 Å². The van der Waals surface area contributed by atoms with E-state index in [1.165, 1.54) is 7.11 Å². The molecule has 0 aliphatic rings. The fourth-order valence-electron chi connectivity index (χ4n) is 3.51. The first-order valence-electron chi connectivity index (χ1n) is 9.93. The Kier molecular flexibility index (Phi) is 6.20. The van der Waals surface area contributed by atoms with Crippen LogP contribution in [0.1, 0.15) is 63.6 Å². The first kappa shape index (κ1) is 22.2. The van der Waals surface area contributed by atoms with Gasteiger partial charge in [-0.1, -0.05) is 37.6 Å². The van der Waals surface area contributed by atoms with Crippen LogP contribution in [0.3, 0.4) is 0 Å². The van der Waals surface area contributed by atoms with Crippen LogP contribution >= 0.6 is 11.6 Å². The van der Waals surface area contributed by atoms with Crippen LogP contribution in [0.2, 0.25) is 5.02 Å². The van der Waals surface area contributed by atoms with Crippen LogP contribution in [0.25, 0.3) is 16.9 Å². The van der Waals surface area contributed by atoms with Gasteiger partial charge < -0.3 is 9.47 Å². The van der Waals surface area contributed by atoms with E-state index in [4.69, 9.17) is 31.2 Å². The Labute approximate surface area is 182 Å². The maximum absolute atomic E-state index is 12.7. The summed E-state index contributed by atoms with van der Waals surface area (Å²) >= 11 is 6.16. The van der Waals surface area contributed by atoms with Crippen LogP contribution in [0, 0.1) is 6.92 Å². The summed E-state index contributed by atoms with van der Waals surface area (Å²) in [4.78, 5) is 17.4. The maximum atomic E-state index is 12.7. The molecule has 0 saturated heterocycles. The van der Waals surface area contributed by atoms with E-state index in [9.17, 15) is 4.79 Å². The zero-order valence-electron chi connectivity index (χ0n) is 18.5. The smallest absolute Gasteiger partial charge is 0.339 e. The first-order chi connectivity index (χ1) is 14.0. The summed E-state index contributed by atoms with van der Waals surface area (Å²) in [7, 11) is 1.36. The molecular weight excluding hydrogens is 402 g/mol. The monoisotopic (exact) mass is 429 g/mol. The molecule has 0 fully saturated rings. The number of ether oxygens (including phenoxy) is 2. The van der Waals surface area contributed by atoms with Crippen molar-refractivity contribution in [2.24, 2.45) is 0 Å². The number of rotatable bonds is 5. The van der Waals surface area contributed by atoms with E-state index in [0.717, 1.165) is 17.0 Å². The summed E-state index contributed by atoms with van der Waals surface area (Å²) in [5.74, 6) is -0.398. The van der Waals surface area contributed by atoms with E-state index in [2.05, 4.69) is 13.8 Å². The fraction of sp³-hybridized carbons (Fsp3) is 0.435. The van der Waals surface area contributed by atoms with Gasteiger partial charge in [0.25, 0.3) is 0 Å². The molecule has 0 N–H and O–H groups in total. The lowest BCUT2D eigenvalue weighted by Gasteiger charge is -2.29. The number of nitrogens with zero attached hydrogens (tertiary/aromatic N) is 3. The molecule has 0 unspecified atom stereocenters. The van der Waals surface area contributed by atoms with Crippen molar-refractivity contribution in [1.82, 2.24) is 14.6 Å². The van der Waals surface area contributed by atoms with Crippen LogP contribution in [0.4, 0.5) is 0 Å². The molecule has 0 aliphatic carbocycles. The number of hydrogen-bond acceptors (Lipinski definition) is 5. The van der Waals surface area contributed by atoms with Crippen molar-refractivity contribution in [3.63, 3.8) is 0 Å². The van der Waals surface area contributed by atoms with Crippen LogP contribution in [-0.4, -0.2) is 33.3 Å². The van der Waals surface area contributed by atoms with Crippen LogP contribution < -0.4 is 0 Å². The number of carbonyl (C=O) groups excluding carboxylic acids is 1. The van der Waals surface area contributed by atoms with E-state index >= 15 is 0 Å². The van der Waals surface area contributed by atoms with Crippen LogP contribution in [-0.2, 0) is 14.3 Å². The van der Waals surface area contributed by atoms with Crippen molar-refractivity contribution in [2.75, 3.05) is 7.11 Å². The molecule has 6 nitrogen and oxygen atoms in total. The summed E-state index contributed by atoms with van der Waals surface area (Å²) in [6.07, 6.45) is -0.900. The van der Waals surface area contributed by atoms with Crippen LogP contribution in [0.15, 0.2) is 30.3 Å². The van der Waals surface area contributed by atoms with Gasteiger partial charge in [0.2, 0.25) is 0 Å². The summed E-state index contributed by atoms with van der Waals surface area (Å²) in [5.41, 5.74) is 4.08. The molecule has 0 bridgehead atoms. The lowest BCUT2D eigenvalue weighted by atomic mass is 9.97. The molecule has 0 amide bonds. The van der Waals surface area contributed by atoms with Crippen molar-refractivity contribution in [1.29, 1.82) is 0 Å². The maximum Gasteiger partial charge on any atom is 0.339 e. The van der Waals surface area contributed by atoms with Crippen molar-refractivity contribution >= 4 is 23.2 Å². The Hall–Kier alpha value is -2.44. The zero-order chi connectivity index (χ0) is 22.2. The minimum Gasteiger partial charge on any atom is -0.467 e. The molecule has 1 aromatic carbocycles. The number of carbonyl (C=O) groups is 1. The van der Waals surface area contributed by atoms with Crippen molar-refractivity contribution in [2.45, 2.75) is 59.2 Å². The molecule has 1 atom stereocenters. The minimum atomic E-state index is -0.900. The second-order valence-electron chi connectivity index (χ2n) is 8.59. The second kappa shape index (κ2) is 8.36. The second-order valence-corrected chi connectivity index (χ2v) is 9.03. The molecule has 0 radical (unpaired) electrons. The Morgan fingerprint density at radius 1 is 1.20 bits per heavy atom. The van der Waals surface area contributed by atoms with Gasteiger partial charge in [-0.3, -0.25) is 0 Å². The van der Waals surface area contributed by atoms with Crippen LogP contribution in [0.5, 0.6) is 0 Å². The average Bonchev–Trinajstić information content (AvgIpc) is 3.07. The molecule has 2 heterocycles. The van der Waals surface area contributed by atoms with Gasteiger partial charge in [0, 0.05) is 27.9 Å². The highest BCUT2D eigenvalue weighted by Gasteiger charge is 2.34. The van der Waals surface area contributed by atoms with Gasteiger partial charge in [0.05, 0.1) is 24.1 Å². The Balaban J connectivity index is 2.27. The molecule has 0 aliphatic heterocycles. The number of benzene rings is 1. The highest BCUT2D eigenvalue weighted by atomic mass is 35.5. The average molecular weight is 430 g/mol. The molecule has 7 heteroatoms. The Morgan fingerprint density at radius 3 is 2.47 bits per heavy atom. The van der Waals surface area contributed by atoms with Gasteiger partial charge in [-0.15, -0.1) is 0 Å². The van der Waals surface area contributed by atoms with Crippen molar-refractivity contribution < 1.29 is 14.3 Å². The highest BCUT2D eigenvalue weighted by Crippen LogP contribution is 2.34. The third-order valence-electron chi connectivity index (χ3n) is 4.68. The molecule has 0 spiro atoms. The quantitative estimate of drug-likeness (QED) is 0.500. The molecule has 0 saturated carbocycles.